The predicted octanol–water partition coefficient (Wildman–Crippen LogP) is 5.63. The molecule has 0 saturated carbocycles. The molecule has 0 bridgehead atoms. The number of amides is 1. The molecule has 190 valence electrons. The van der Waals surface area contributed by atoms with E-state index in [-0.39, 0.29) is 35.6 Å². The quantitative estimate of drug-likeness (QED) is 0.520. The van der Waals surface area contributed by atoms with Gasteiger partial charge in [0.2, 0.25) is 5.88 Å². The predicted molar refractivity (Wildman–Crippen MR) is 130 cm³/mol. The van der Waals surface area contributed by atoms with Crippen LogP contribution in [0.5, 0.6) is 5.88 Å². The normalized spacial score (nSPS) is 18.7. The molecule has 0 fully saturated rings. The molecule has 2 aliphatic rings. The van der Waals surface area contributed by atoms with E-state index < -0.39 is 22.3 Å². The minimum atomic E-state index is -4.64. The first-order valence-corrected chi connectivity index (χ1v) is 11.7. The van der Waals surface area contributed by atoms with Gasteiger partial charge < -0.3 is 15.4 Å². The lowest BCUT2D eigenvalue weighted by Crippen LogP contribution is -2.30. The molecule has 0 aliphatic heterocycles. The Morgan fingerprint density at radius 3 is 2.54 bits per heavy atom. The zero-order chi connectivity index (χ0) is 26.0. The summed E-state index contributed by atoms with van der Waals surface area (Å²) < 4.78 is 47.8. The van der Waals surface area contributed by atoms with Gasteiger partial charge in [-0.25, -0.2) is 4.68 Å². The van der Waals surface area contributed by atoms with Crippen LogP contribution < -0.4 is 15.4 Å². The SMILES string of the molecule is CNC1=CCC(CNC(=O)c2nn(C(C)(C)C)c(OC3=CCC=CC(C(F)(F)F)=C3Cl)c2C)C=C1. The van der Waals surface area contributed by atoms with Gasteiger partial charge in [-0.2, -0.15) is 18.3 Å². The number of halogens is 4. The number of nitrogens with one attached hydrogen (secondary N) is 2. The third-order valence-electron chi connectivity index (χ3n) is 5.61. The second kappa shape index (κ2) is 10.4. The van der Waals surface area contributed by atoms with Gasteiger partial charge in [0.05, 0.1) is 16.1 Å². The number of nitrogens with zero attached hydrogens (tertiary/aromatic N) is 2. The van der Waals surface area contributed by atoms with Gasteiger partial charge in [-0.15, -0.1) is 0 Å². The molecule has 10 heteroatoms. The van der Waals surface area contributed by atoms with E-state index in [0.29, 0.717) is 12.1 Å². The van der Waals surface area contributed by atoms with Gasteiger partial charge in [0.25, 0.3) is 5.91 Å². The van der Waals surface area contributed by atoms with Crippen LogP contribution in [0, 0.1) is 12.8 Å². The Labute approximate surface area is 208 Å². The van der Waals surface area contributed by atoms with Crippen molar-refractivity contribution in [3.05, 3.63) is 69.8 Å². The van der Waals surface area contributed by atoms with Gasteiger partial charge in [-0.3, -0.25) is 4.79 Å². The van der Waals surface area contributed by atoms with Crippen molar-refractivity contribution >= 4 is 17.5 Å². The van der Waals surface area contributed by atoms with Crippen LogP contribution in [0.2, 0.25) is 0 Å². The zero-order valence-electron chi connectivity index (χ0n) is 20.4. The first-order valence-electron chi connectivity index (χ1n) is 11.3. The van der Waals surface area contributed by atoms with Crippen LogP contribution in [0.15, 0.2) is 58.5 Å². The molecule has 1 amide bonds. The van der Waals surface area contributed by atoms with Crippen LogP contribution in [0.1, 0.15) is 49.7 Å². The molecule has 3 rings (SSSR count). The molecule has 1 unspecified atom stereocenters. The summed E-state index contributed by atoms with van der Waals surface area (Å²) in [5, 5.41) is 9.90. The second-order valence-electron chi connectivity index (χ2n) is 9.37. The van der Waals surface area contributed by atoms with Crippen molar-refractivity contribution in [1.29, 1.82) is 0 Å². The molecule has 2 aliphatic carbocycles. The minimum absolute atomic E-state index is 0.135. The maximum absolute atomic E-state index is 13.5. The summed E-state index contributed by atoms with van der Waals surface area (Å²) in [5.41, 5.74) is -0.0317. The van der Waals surface area contributed by atoms with E-state index in [1.165, 1.54) is 16.8 Å². The van der Waals surface area contributed by atoms with Gasteiger partial charge in [-0.05, 0) is 58.6 Å². The monoisotopic (exact) mass is 510 g/mol. The Morgan fingerprint density at radius 2 is 1.97 bits per heavy atom. The fourth-order valence-electron chi connectivity index (χ4n) is 3.65. The van der Waals surface area contributed by atoms with Crippen LogP contribution in [0.3, 0.4) is 0 Å². The number of carbonyl (C=O) groups is 1. The summed E-state index contributed by atoms with van der Waals surface area (Å²) in [4.78, 5) is 13.0. The number of rotatable bonds is 6. The molecule has 0 aromatic carbocycles. The van der Waals surface area contributed by atoms with Crippen molar-refractivity contribution in [1.82, 2.24) is 20.4 Å². The minimum Gasteiger partial charge on any atom is -0.438 e. The smallest absolute Gasteiger partial charge is 0.417 e. The van der Waals surface area contributed by atoms with Gasteiger partial charge >= 0.3 is 6.18 Å². The maximum atomic E-state index is 13.5. The summed E-state index contributed by atoms with van der Waals surface area (Å²) in [6, 6.07) is 0. The molecule has 0 radical (unpaired) electrons. The maximum Gasteiger partial charge on any atom is 0.417 e. The highest BCUT2D eigenvalue weighted by Gasteiger charge is 2.37. The number of alkyl halides is 3. The molecule has 6 nitrogen and oxygen atoms in total. The van der Waals surface area contributed by atoms with Crippen molar-refractivity contribution in [3.8, 4) is 5.88 Å². The van der Waals surface area contributed by atoms with Crippen LogP contribution in [0.4, 0.5) is 13.2 Å². The van der Waals surface area contributed by atoms with Crippen molar-refractivity contribution < 1.29 is 22.7 Å². The van der Waals surface area contributed by atoms with E-state index >= 15 is 0 Å². The molecule has 2 N–H and O–H groups in total. The fourth-order valence-corrected chi connectivity index (χ4v) is 3.93. The first-order chi connectivity index (χ1) is 16.3. The van der Waals surface area contributed by atoms with Gasteiger partial charge in [0.15, 0.2) is 5.69 Å². The molecule has 1 atom stereocenters. The van der Waals surface area contributed by atoms with E-state index in [9.17, 15) is 18.0 Å². The third kappa shape index (κ3) is 6.20. The molecular weight excluding hydrogens is 481 g/mol. The molecular formula is C25H30ClF3N4O2. The van der Waals surface area contributed by atoms with Crippen molar-refractivity contribution in [2.24, 2.45) is 5.92 Å². The van der Waals surface area contributed by atoms with E-state index in [4.69, 9.17) is 16.3 Å². The van der Waals surface area contributed by atoms with Gasteiger partial charge in [0, 0.05) is 24.9 Å². The molecule has 1 aromatic heterocycles. The summed E-state index contributed by atoms with van der Waals surface area (Å²) in [5.74, 6) is -0.218. The lowest BCUT2D eigenvalue weighted by Gasteiger charge is -2.23. The summed E-state index contributed by atoms with van der Waals surface area (Å²) in [7, 11) is 1.85. The standard InChI is InChI=1S/C25H30ClF3N4O2/c1-15-21(22(34)31-14-16-10-12-17(30-5)13-11-16)32-33(24(2,3)4)23(15)35-19-9-7-6-8-18(20(19)26)25(27,28)29/h6,8-10,12-13,16,30H,7,11,14H2,1-5H3,(H,31,34). The second-order valence-corrected chi connectivity index (χ2v) is 9.75. The fraction of sp³-hybridized carbons (Fsp3) is 0.440. The Kier molecular flexibility index (Phi) is 7.89. The number of hydrogen-bond acceptors (Lipinski definition) is 4. The number of aromatic nitrogens is 2. The van der Waals surface area contributed by atoms with Crippen LogP contribution >= 0.6 is 11.6 Å². The number of likely N-dealkylation sites (N-methyl/N-ethyl adjacent to an activating group) is 1. The molecule has 1 heterocycles. The highest BCUT2D eigenvalue weighted by Crippen LogP contribution is 2.38. The van der Waals surface area contributed by atoms with Crippen molar-refractivity contribution in [2.45, 2.75) is 52.3 Å². The average molecular weight is 511 g/mol. The summed E-state index contributed by atoms with van der Waals surface area (Å²) in [6.45, 7) is 7.64. The summed E-state index contributed by atoms with van der Waals surface area (Å²) in [6.07, 6.45) is 6.18. The Hall–Kier alpha value is -2.94. The van der Waals surface area contributed by atoms with Crippen molar-refractivity contribution in [2.75, 3.05) is 13.6 Å². The number of carbonyl (C=O) groups excluding carboxylic acids is 1. The topological polar surface area (TPSA) is 68.2 Å². The zero-order valence-corrected chi connectivity index (χ0v) is 21.1. The Balaban J connectivity index is 1.87. The van der Waals surface area contributed by atoms with E-state index in [0.717, 1.165) is 18.2 Å². The van der Waals surface area contributed by atoms with Crippen LogP contribution in [-0.2, 0) is 5.54 Å². The van der Waals surface area contributed by atoms with Crippen LogP contribution in [-0.4, -0.2) is 35.5 Å². The number of ether oxygens (including phenoxy) is 1. The molecule has 35 heavy (non-hydrogen) atoms. The van der Waals surface area contributed by atoms with Crippen molar-refractivity contribution in [3.63, 3.8) is 0 Å². The Bertz CT molecular complexity index is 1130. The molecule has 0 saturated heterocycles. The Morgan fingerprint density at radius 1 is 1.26 bits per heavy atom. The summed E-state index contributed by atoms with van der Waals surface area (Å²) >= 11 is 6.12. The highest BCUT2D eigenvalue weighted by atomic mass is 35.5. The molecule has 0 spiro atoms. The third-order valence-corrected chi connectivity index (χ3v) is 6.00. The van der Waals surface area contributed by atoms with Gasteiger partial charge in [0.1, 0.15) is 5.76 Å². The van der Waals surface area contributed by atoms with E-state index in [2.05, 4.69) is 21.8 Å². The first kappa shape index (κ1) is 26.7. The number of allylic oxidation sites excluding steroid dienone is 7. The lowest BCUT2D eigenvalue weighted by atomic mass is 9.99. The molecule has 1 aromatic rings. The van der Waals surface area contributed by atoms with E-state index in [1.54, 1.807) is 6.92 Å². The largest absolute Gasteiger partial charge is 0.438 e. The van der Waals surface area contributed by atoms with Crippen LogP contribution in [0.25, 0.3) is 0 Å². The lowest BCUT2D eigenvalue weighted by molar-refractivity contribution is -0.0886. The van der Waals surface area contributed by atoms with E-state index in [1.807, 2.05) is 40.0 Å². The van der Waals surface area contributed by atoms with Gasteiger partial charge in [-0.1, -0.05) is 35.9 Å². The highest BCUT2D eigenvalue weighted by molar-refractivity contribution is 6.32. The number of hydrogen-bond donors (Lipinski definition) is 2. The average Bonchev–Trinajstić information content (AvgIpc) is 2.99.